The first-order valence-electron chi connectivity index (χ1n) is 6.45. The van der Waals surface area contributed by atoms with Gasteiger partial charge in [-0.1, -0.05) is 0 Å². The van der Waals surface area contributed by atoms with Crippen LogP contribution in [0.1, 0.15) is 43.0 Å². The summed E-state index contributed by atoms with van der Waals surface area (Å²) >= 11 is 0. The van der Waals surface area contributed by atoms with Crippen LogP contribution in [0.4, 0.5) is 13.2 Å². The first-order chi connectivity index (χ1) is 8.44. The maximum absolute atomic E-state index is 12.5. The number of alkyl halides is 3. The molecule has 1 aromatic heterocycles. The molecule has 0 bridgehead atoms. The molecule has 1 fully saturated rings. The van der Waals surface area contributed by atoms with Gasteiger partial charge in [0.1, 0.15) is 0 Å². The maximum Gasteiger partial charge on any atom is 0.401 e. The molecular weight excluding hydrogens is 241 g/mol. The number of aromatic nitrogens is 1. The third-order valence-corrected chi connectivity index (χ3v) is 3.99. The second-order valence-electron chi connectivity index (χ2n) is 5.43. The van der Waals surface area contributed by atoms with Crippen molar-refractivity contribution in [3.05, 3.63) is 23.5 Å². The SMILES string of the molecule is CC1c2cc(C3CC3)cn2CCN1CC(F)(F)F. The molecule has 5 heteroatoms. The van der Waals surface area contributed by atoms with Crippen LogP contribution >= 0.6 is 0 Å². The summed E-state index contributed by atoms with van der Waals surface area (Å²) in [5.74, 6) is 0.659. The lowest BCUT2D eigenvalue weighted by atomic mass is 10.1. The maximum atomic E-state index is 12.5. The van der Waals surface area contributed by atoms with Crippen LogP contribution in [0, 0.1) is 0 Å². The monoisotopic (exact) mass is 258 g/mol. The zero-order valence-corrected chi connectivity index (χ0v) is 10.4. The van der Waals surface area contributed by atoms with Crippen LogP contribution in [0.2, 0.25) is 0 Å². The van der Waals surface area contributed by atoms with Crippen LogP contribution in [0.3, 0.4) is 0 Å². The molecule has 3 rings (SSSR count). The Labute approximate surface area is 104 Å². The Balaban J connectivity index is 1.80. The molecular formula is C13H17F3N2. The first kappa shape index (κ1) is 12.1. The average molecular weight is 258 g/mol. The van der Waals surface area contributed by atoms with Gasteiger partial charge in [-0.2, -0.15) is 13.2 Å². The fourth-order valence-electron chi connectivity index (χ4n) is 2.80. The zero-order valence-electron chi connectivity index (χ0n) is 10.4. The van der Waals surface area contributed by atoms with Gasteiger partial charge >= 0.3 is 6.18 Å². The first-order valence-corrected chi connectivity index (χ1v) is 6.45. The van der Waals surface area contributed by atoms with Crippen molar-refractivity contribution in [3.8, 4) is 0 Å². The summed E-state index contributed by atoms with van der Waals surface area (Å²) < 4.78 is 39.6. The van der Waals surface area contributed by atoms with Crippen LogP contribution < -0.4 is 0 Å². The highest BCUT2D eigenvalue weighted by Crippen LogP contribution is 2.42. The molecule has 2 aliphatic rings. The number of halogens is 3. The fraction of sp³-hybridized carbons (Fsp3) is 0.692. The summed E-state index contributed by atoms with van der Waals surface area (Å²) in [5.41, 5.74) is 2.35. The molecule has 1 aliphatic heterocycles. The zero-order chi connectivity index (χ0) is 12.9. The van der Waals surface area contributed by atoms with Gasteiger partial charge in [0.15, 0.2) is 0 Å². The van der Waals surface area contributed by atoms with Gasteiger partial charge in [-0.3, -0.25) is 4.90 Å². The highest BCUT2D eigenvalue weighted by Gasteiger charge is 2.36. The van der Waals surface area contributed by atoms with Crippen LogP contribution in [-0.4, -0.2) is 28.7 Å². The predicted molar refractivity (Wildman–Crippen MR) is 62.5 cm³/mol. The third-order valence-electron chi connectivity index (χ3n) is 3.99. The number of fused-ring (bicyclic) bond motifs is 1. The summed E-state index contributed by atoms with van der Waals surface area (Å²) in [6, 6.07) is 1.96. The summed E-state index contributed by atoms with van der Waals surface area (Å²) in [6.45, 7) is 2.21. The van der Waals surface area contributed by atoms with Crippen molar-refractivity contribution in [1.29, 1.82) is 0 Å². The minimum atomic E-state index is -4.11. The molecule has 100 valence electrons. The van der Waals surface area contributed by atoms with E-state index in [9.17, 15) is 13.2 Å². The minimum absolute atomic E-state index is 0.145. The molecule has 0 radical (unpaired) electrons. The molecule has 0 spiro atoms. The Hall–Kier alpha value is -0.970. The Bertz CT molecular complexity index is 446. The molecule has 0 saturated heterocycles. The second kappa shape index (κ2) is 4.02. The number of nitrogens with zero attached hydrogens (tertiary/aromatic N) is 2. The Morgan fingerprint density at radius 1 is 1.28 bits per heavy atom. The fourth-order valence-corrected chi connectivity index (χ4v) is 2.80. The van der Waals surface area contributed by atoms with E-state index in [4.69, 9.17) is 0 Å². The molecule has 1 unspecified atom stereocenters. The summed E-state index contributed by atoms with van der Waals surface area (Å²) in [7, 11) is 0. The quantitative estimate of drug-likeness (QED) is 0.790. The molecule has 1 aliphatic carbocycles. The van der Waals surface area contributed by atoms with Crippen molar-refractivity contribution in [2.45, 2.75) is 44.4 Å². The largest absolute Gasteiger partial charge is 0.401 e. The van der Waals surface area contributed by atoms with Crippen LogP contribution in [0.5, 0.6) is 0 Å². The molecule has 1 saturated carbocycles. The number of rotatable bonds is 2. The van der Waals surface area contributed by atoms with E-state index in [0.717, 1.165) is 5.69 Å². The topological polar surface area (TPSA) is 8.17 Å². The Kier molecular flexibility index (Phi) is 2.70. The molecule has 18 heavy (non-hydrogen) atoms. The molecule has 1 atom stereocenters. The average Bonchev–Trinajstić information content (AvgIpc) is 3.01. The third kappa shape index (κ3) is 2.28. The van der Waals surface area contributed by atoms with Crippen molar-refractivity contribution in [1.82, 2.24) is 9.47 Å². The molecule has 2 nitrogen and oxygen atoms in total. The van der Waals surface area contributed by atoms with Crippen molar-refractivity contribution in [2.75, 3.05) is 13.1 Å². The molecule has 0 N–H and O–H groups in total. The van der Waals surface area contributed by atoms with Gasteiger partial charge in [-0.05, 0) is 37.3 Å². The lowest BCUT2D eigenvalue weighted by Crippen LogP contribution is -2.41. The van der Waals surface area contributed by atoms with Crippen molar-refractivity contribution >= 4 is 0 Å². The molecule has 2 heterocycles. The Morgan fingerprint density at radius 2 is 2.00 bits per heavy atom. The van der Waals surface area contributed by atoms with E-state index in [1.807, 2.05) is 6.92 Å². The van der Waals surface area contributed by atoms with E-state index in [-0.39, 0.29) is 6.04 Å². The normalized spacial score (nSPS) is 25.2. The van der Waals surface area contributed by atoms with E-state index in [1.54, 1.807) is 0 Å². The highest BCUT2D eigenvalue weighted by atomic mass is 19.4. The van der Waals surface area contributed by atoms with Gasteiger partial charge in [0, 0.05) is 31.0 Å². The van der Waals surface area contributed by atoms with Gasteiger partial charge in [-0.15, -0.1) is 0 Å². The smallest absolute Gasteiger partial charge is 0.348 e. The van der Waals surface area contributed by atoms with Crippen molar-refractivity contribution in [3.63, 3.8) is 0 Å². The van der Waals surface area contributed by atoms with E-state index in [1.165, 1.54) is 23.3 Å². The standard InChI is InChI=1S/C13H17F3N2/c1-9-12-6-11(10-2-3-10)7-17(12)4-5-18(9)8-13(14,15)16/h6-7,9-10H,2-5,8H2,1H3. The summed E-state index contributed by atoms with van der Waals surface area (Å²) in [6.07, 6.45) is 0.477. The summed E-state index contributed by atoms with van der Waals surface area (Å²) in [4.78, 5) is 1.52. The lowest BCUT2D eigenvalue weighted by Gasteiger charge is -2.35. The minimum Gasteiger partial charge on any atom is -0.348 e. The summed E-state index contributed by atoms with van der Waals surface area (Å²) in [5, 5.41) is 0. The lowest BCUT2D eigenvalue weighted by molar-refractivity contribution is -0.152. The van der Waals surface area contributed by atoms with Gasteiger partial charge in [0.2, 0.25) is 0 Å². The van der Waals surface area contributed by atoms with Crippen molar-refractivity contribution in [2.24, 2.45) is 0 Å². The van der Waals surface area contributed by atoms with E-state index in [2.05, 4.69) is 16.8 Å². The molecule has 0 aromatic carbocycles. The number of hydrogen-bond donors (Lipinski definition) is 0. The van der Waals surface area contributed by atoms with Gasteiger partial charge in [0.05, 0.1) is 6.54 Å². The molecule has 0 amide bonds. The van der Waals surface area contributed by atoms with Gasteiger partial charge in [0.25, 0.3) is 0 Å². The highest BCUT2D eigenvalue weighted by molar-refractivity contribution is 5.28. The van der Waals surface area contributed by atoms with E-state index in [0.29, 0.717) is 19.0 Å². The van der Waals surface area contributed by atoms with Gasteiger partial charge in [-0.25, -0.2) is 0 Å². The van der Waals surface area contributed by atoms with E-state index >= 15 is 0 Å². The van der Waals surface area contributed by atoms with Crippen molar-refractivity contribution < 1.29 is 13.2 Å². The Morgan fingerprint density at radius 3 is 2.61 bits per heavy atom. The van der Waals surface area contributed by atoms with Crippen LogP contribution in [0.25, 0.3) is 0 Å². The van der Waals surface area contributed by atoms with Crippen LogP contribution in [-0.2, 0) is 6.54 Å². The predicted octanol–water partition coefficient (Wildman–Crippen LogP) is 3.30. The van der Waals surface area contributed by atoms with Gasteiger partial charge < -0.3 is 4.57 Å². The second-order valence-corrected chi connectivity index (χ2v) is 5.43. The van der Waals surface area contributed by atoms with Crippen LogP contribution in [0.15, 0.2) is 12.3 Å². The number of hydrogen-bond acceptors (Lipinski definition) is 1. The van der Waals surface area contributed by atoms with E-state index < -0.39 is 12.7 Å². The molecule has 1 aromatic rings.